The van der Waals surface area contributed by atoms with Crippen molar-refractivity contribution in [3.8, 4) is 0 Å². The molecule has 2 aromatic rings. The van der Waals surface area contributed by atoms with Gasteiger partial charge >= 0.3 is 0 Å². The Morgan fingerprint density at radius 3 is 2.57 bits per heavy atom. The first-order valence-electron chi connectivity index (χ1n) is 6.98. The number of hydrogen-bond donors (Lipinski definition) is 2. The van der Waals surface area contributed by atoms with E-state index < -0.39 is 0 Å². The smallest absolute Gasteiger partial charge is 0.258 e. The van der Waals surface area contributed by atoms with Crippen molar-refractivity contribution in [2.45, 2.75) is 20.8 Å². The van der Waals surface area contributed by atoms with Gasteiger partial charge in [-0.15, -0.1) is 0 Å². The molecule has 1 amide bonds. The lowest BCUT2D eigenvalue weighted by Gasteiger charge is -2.08. The second-order valence-electron chi connectivity index (χ2n) is 5.39. The fourth-order valence-corrected chi connectivity index (χ4v) is 1.76. The minimum absolute atomic E-state index is 0.212. The molecule has 0 atom stereocenters. The number of nitrogens with one attached hydrogen (secondary N) is 2. The summed E-state index contributed by atoms with van der Waals surface area (Å²) in [5, 5.41) is 5.94. The number of aryl methyl sites for hydroxylation is 1. The normalized spacial score (nSPS) is 10.5. The van der Waals surface area contributed by atoms with Gasteiger partial charge in [-0.05, 0) is 30.5 Å². The third-order valence-electron chi connectivity index (χ3n) is 2.86. The van der Waals surface area contributed by atoms with E-state index >= 15 is 0 Å². The first-order chi connectivity index (χ1) is 10.0. The average Bonchev–Trinajstić information content (AvgIpc) is 2.45. The van der Waals surface area contributed by atoms with Crippen LogP contribution in [0.4, 0.5) is 11.6 Å². The lowest BCUT2D eigenvalue weighted by Crippen LogP contribution is -2.14. The van der Waals surface area contributed by atoms with E-state index in [1.807, 2.05) is 31.2 Å². The van der Waals surface area contributed by atoms with Gasteiger partial charge in [0.1, 0.15) is 0 Å². The molecule has 5 nitrogen and oxygen atoms in total. The van der Waals surface area contributed by atoms with E-state index in [1.165, 1.54) is 12.4 Å². The molecule has 0 saturated heterocycles. The lowest BCUT2D eigenvalue weighted by atomic mass is 10.2. The molecule has 2 rings (SSSR count). The number of carbonyl (C=O) groups is 1. The number of carbonyl (C=O) groups excluding carboxylic acids is 1. The molecule has 1 heterocycles. The van der Waals surface area contributed by atoms with Crippen molar-refractivity contribution in [3.05, 3.63) is 47.8 Å². The highest BCUT2D eigenvalue weighted by molar-refractivity contribution is 6.03. The molecule has 1 aromatic carbocycles. The second kappa shape index (κ2) is 6.83. The Bertz CT molecular complexity index is 608. The molecule has 0 spiro atoms. The van der Waals surface area contributed by atoms with Crippen molar-refractivity contribution >= 4 is 17.5 Å². The number of hydrogen-bond acceptors (Lipinski definition) is 4. The van der Waals surface area contributed by atoms with Gasteiger partial charge in [0.2, 0.25) is 5.95 Å². The van der Waals surface area contributed by atoms with Crippen molar-refractivity contribution < 1.29 is 4.79 Å². The van der Waals surface area contributed by atoms with Gasteiger partial charge in [-0.3, -0.25) is 4.79 Å². The monoisotopic (exact) mass is 284 g/mol. The molecule has 0 radical (unpaired) electrons. The molecule has 1 aromatic heterocycles. The lowest BCUT2D eigenvalue weighted by molar-refractivity contribution is 0.102. The van der Waals surface area contributed by atoms with Crippen LogP contribution in [0.3, 0.4) is 0 Å². The first kappa shape index (κ1) is 15.0. The molecule has 110 valence electrons. The van der Waals surface area contributed by atoms with E-state index in [9.17, 15) is 4.79 Å². The van der Waals surface area contributed by atoms with Gasteiger partial charge in [0, 0.05) is 24.6 Å². The van der Waals surface area contributed by atoms with Crippen LogP contribution in [-0.2, 0) is 0 Å². The second-order valence-corrected chi connectivity index (χ2v) is 5.39. The van der Waals surface area contributed by atoms with Gasteiger partial charge in [0.15, 0.2) is 0 Å². The summed E-state index contributed by atoms with van der Waals surface area (Å²) in [7, 11) is 0. The fourth-order valence-electron chi connectivity index (χ4n) is 1.76. The molecule has 2 N–H and O–H groups in total. The molecule has 0 fully saturated rings. The van der Waals surface area contributed by atoms with Crippen LogP contribution in [0.1, 0.15) is 29.8 Å². The highest BCUT2D eigenvalue weighted by Gasteiger charge is 2.08. The van der Waals surface area contributed by atoms with E-state index in [-0.39, 0.29) is 5.91 Å². The summed E-state index contributed by atoms with van der Waals surface area (Å²) in [5.41, 5.74) is 2.30. The number of anilines is 2. The predicted octanol–water partition coefficient (Wildman–Crippen LogP) is 3.11. The third kappa shape index (κ3) is 4.56. The Labute approximate surface area is 124 Å². The Balaban J connectivity index is 1.99. The summed E-state index contributed by atoms with van der Waals surface area (Å²) < 4.78 is 0. The molecule has 0 aliphatic rings. The standard InChI is InChI=1S/C16H20N4O/c1-11(2)8-17-16-18-9-13(10-19-16)15(21)20-14-6-4-5-12(3)7-14/h4-7,9-11H,8H2,1-3H3,(H,20,21)(H,17,18,19). The van der Waals surface area contributed by atoms with Gasteiger partial charge in [-0.25, -0.2) is 9.97 Å². The predicted molar refractivity (Wildman–Crippen MR) is 84.5 cm³/mol. The number of nitrogens with zero attached hydrogens (tertiary/aromatic N) is 2. The molecule has 0 unspecified atom stereocenters. The Morgan fingerprint density at radius 1 is 1.24 bits per heavy atom. The van der Waals surface area contributed by atoms with E-state index in [0.29, 0.717) is 17.4 Å². The van der Waals surface area contributed by atoms with Crippen LogP contribution in [0.2, 0.25) is 0 Å². The molecule has 0 saturated carbocycles. The highest BCUT2D eigenvalue weighted by Crippen LogP contribution is 2.11. The van der Waals surface area contributed by atoms with Crippen LogP contribution < -0.4 is 10.6 Å². The minimum atomic E-state index is -0.212. The van der Waals surface area contributed by atoms with Crippen molar-refractivity contribution in [2.24, 2.45) is 5.92 Å². The largest absolute Gasteiger partial charge is 0.354 e. The Hall–Kier alpha value is -2.43. The summed E-state index contributed by atoms with van der Waals surface area (Å²) in [6, 6.07) is 7.65. The highest BCUT2D eigenvalue weighted by atomic mass is 16.1. The molecule has 0 aliphatic carbocycles. The van der Waals surface area contributed by atoms with Crippen molar-refractivity contribution in [3.63, 3.8) is 0 Å². The summed E-state index contributed by atoms with van der Waals surface area (Å²) >= 11 is 0. The van der Waals surface area contributed by atoms with Gasteiger partial charge < -0.3 is 10.6 Å². The molecular weight excluding hydrogens is 264 g/mol. The van der Waals surface area contributed by atoms with E-state index in [0.717, 1.165) is 17.8 Å². The summed E-state index contributed by atoms with van der Waals surface area (Å²) in [4.78, 5) is 20.4. The van der Waals surface area contributed by atoms with Crippen molar-refractivity contribution in [2.75, 3.05) is 17.2 Å². The number of aromatic nitrogens is 2. The van der Waals surface area contributed by atoms with E-state index in [4.69, 9.17) is 0 Å². The van der Waals surface area contributed by atoms with Crippen molar-refractivity contribution in [1.29, 1.82) is 0 Å². The zero-order chi connectivity index (χ0) is 15.2. The first-order valence-corrected chi connectivity index (χ1v) is 6.98. The maximum Gasteiger partial charge on any atom is 0.258 e. The number of amides is 1. The van der Waals surface area contributed by atoms with Crippen LogP contribution in [0.25, 0.3) is 0 Å². The SMILES string of the molecule is Cc1cccc(NC(=O)c2cnc(NCC(C)C)nc2)c1. The zero-order valence-corrected chi connectivity index (χ0v) is 12.6. The number of benzene rings is 1. The molecule has 21 heavy (non-hydrogen) atoms. The minimum Gasteiger partial charge on any atom is -0.354 e. The molecule has 0 aliphatic heterocycles. The van der Waals surface area contributed by atoms with Crippen molar-refractivity contribution in [1.82, 2.24) is 9.97 Å². The maximum atomic E-state index is 12.1. The van der Waals surface area contributed by atoms with E-state index in [1.54, 1.807) is 0 Å². The van der Waals surface area contributed by atoms with Gasteiger partial charge in [0.25, 0.3) is 5.91 Å². The Kier molecular flexibility index (Phi) is 4.87. The topological polar surface area (TPSA) is 66.9 Å². The summed E-state index contributed by atoms with van der Waals surface area (Å²) in [6.07, 6.45) is 3.06. The van der Waals surface area contributed by atoms with E-state index in [2.05, 4.69) is 34.4 Å². The van der Waals surface area contributed by atoms with Crippen LogP contribution in [0, 0.1) is 12.8 Å². The van der Waals surface area contributed by atoms with Crippen LogP contribution in [0.5, 0.6) is 0 Å². The quantitative estimate of drug-likeness (QED) is 0.885. The molecule has 0 bridgehead atoms. The van der Waals surface area contributed by atoms with Crippen LogP contribution in [-0.4, -0.2) is 22.4 Å². The average molecular weight is 284 g/mol. The van der Waals surface area contributed by atoms with Crippen LogP contribution in [0.15, 0.2) is 36.7 Å². The van der Waals surface area contributed by atoms with Gasteiger partial charge in [0.05, 0.1) is 5.56 Å². The zero-order valence-electron chi connectivity index (χ0n) is 12.6. The Morgan fingerprint density at radius 2 is 1.95 bits per heavy atom. The number of rotatable bonds is 5. The molecule has 5 heteroatoms. The third-order valence-corrected chi connectivity index (χ3v) is 2.86. The van der Waals surface area contributed by atoms with Crippen LogP contribution >= 0.6 is 0 Å². The summed E-state index contributed by atoms with van der Waals surface area (Å²) in [5.74, 6) is 0.838. The maximum absolute atomic E-state index is 12.1. The molecular formula is C16H20N4O. The fraction of sp³-hybridized carbons (Fsp3) is 0.312. The van der Waals surface area contributed by atoms with Gasteiger partial charge in [-0.1, -0.05) is 26.0 Å². The van der Waals surface area contributed by atoms with Gasteiger partial charge in [-0.2, -0.15) is 0 Å². The summed E-state index contributed by atoms with van der Waals surface area (Å²) in [6.45, 7) is 7.00.